The van der Waals surface area contributed by atoms with Crippen LogP contribution in [0.3, 0.4) is 0 Å². The summed E-state index contributed by atoms with van der Waals surface area (Å²) in [6.45, 7) is 3.35. The average molecular weight is 223 g/mol. The molecule has 16 heavy (non-hydrogen) atoms. The molecule has 4 heteroatoms. The fourth-order valence-corrected chi connectivity index (χ4v) is 2.00. The van der Waals surface area contributed by atoms with Gasteiger partial charge in [-0.1, -0.05) is 0 Å². The van der Waals surface area contributed by atoms with Crippen molar-refractivity contribution in [3.63, 3.8) is 0 Å². The van der Waals surface area contributed by atoms with Gasteiger partial charge in [-0.25, -0.2) is 0 Å². The molecule has 1 aromatic heterocycles. The summed E-state index contributed by atoms with van der Waals surface area (Å²) in [5.74, 6) is 1.20. The smallest absolute Gasteiger partial charge is 0.196 e. The molecule has 0 aliphatic carbocycles. The zero-order chi connectivity index (χ0) is 11.5. The first-order chi connectivity index (χ1) is 7.70. The van der Waals surface area contributed by atoms with Crippen LogP contribution in [0.1, 0.15) is 30.3 Å². The fourth-order valence-electron chi connectivity index (χ4n) is 2.00. The molecule has 1 aliphatic heterocycles. The van der Waals surface area contributed by atoms with Crippen LogP contribution >= 0.6 is 0 Å². The summed E-state index contributed by atoms with van der Waals surface area (Å²) in [7, 11) is 1.75. The van der Waals surface area contributed by atoms with Crippen molar-refractivity contribution in [1.82, 2.24) is 0 Å². The van der Waals surface area contributed by atoms with Gasteiger partial charge in [0.25, 0.3) is 0 Å². The lowest BCUT2D eigenvalue weighted by Gasteiger charge is -2.30. The van der Waals surface area contributed by atoms with Gasteiger partial charge < -0.3 is 14.1 Å². The molecular formula is C12H17NO3. The van der Waals surface area contributed by atoms with Crippen LogP contribution in [0.5, 0.6) is 0 Å². The molecule has 88 valence electrons. The Balaban J connectivity index is 2.00. The Kier molecular flexibility index (Phi) is 3.29. The maximum Gasteiger partial charge on any atom is 0.196 e. The number of carbonyl (C=O) groups is 1. The monoisotopic (exact) mass is 223 g/mol. The molecule has 1 aliphatic rings. The van der Waals surface area contributed by atoms with Gasteiger partial charge in [-0.15, -0.1) is 0 Å². The number of anilines is 1. The van der Waals surface area contributed by atoms with E-state index >= 15 is 0 Å². The first-order valence-electron chi connectivity index (χ1n) is 5.59. The van der Waals surface area contributed by atoms with E-state index in [-0.39, 0.29) is 5.78 Å². The minimum Gasteiger partial charge on any atom is -0.437 e. The quantitative estimate of drug-likeness (QED) is 0.736. The number of methoxy groups -OCH3 is 1. The molecule has 2 rings (SSSR count). The van der Waals surface area contributed by atoms with Crippen LogP contribution in [-0.4, -0.2) is 32.1 Å². The van der Waals surface area contributed by atoms with Gasteiger partial charge >= 0.3 is 0 Å². The van der Waals surface area contributed by atoms with Crippen molar-refractivity contribution in [3.05, 3.63) is 17.9 Å². The van der Waals surface area contributed by atoms with Gasteiger partial charge in [0.1, 0.15) is 0 Å². The second-order valence-electron chi connectivity index (χ2n) is 4.12. The number of ether oxygens (including phenoxy) is 1. The van der Waals surface area contributed by atoms with E-state index in [2.05, 4.69) is 4.90 Å². The predicted octanol–water partition coefficient (Wildman–Crippen LogP) is 2.10. The highest BCUT2D eigenvalue weighted by atomic mass is 16.5. The summed E-state index contributed by atoms with van der Waals surface area (Å²) >= 11 is 0. The molecular weight excluding hydrogens is 206 g/mol. The first kappa shape index (κ1) is 11.2. The van der Waals surface area contributed by atoms with E-state index in [1.54, 1.807) is 13.2 Å². The third-order valence-corrected chi connectivity index (χ3v) is 3.03. The lowest BCUT2D eigenvalue weighted by Crippen LogP contribution is -2.36. The molecule has 0 bridgehead atoms. The van der Waals surface area contributed by atoms with Crippen LogP contribution in [-0.2, 0) is 4.74 Å². The van der Waals surface area contributed by atoms with Crippen LogP contribution in [0.15, 0.2) is 16.5 Å². The summed E-state index contributed by atoms with van der Waals surface area (Å²) in [5, 5.41) is 0. The Morgan fingerprint density at radius 3 is 2.62 bits per heavy atom. The van der Waals surface area contributed by atoms with Gasteiger partial charge in [-0.3, -0.25) is 4.79 Å². The average Bonchev–Trinajstić information content (AvgIpc) is 2.78. The molecule has 1 saturated heterocycles. The molecule has 0 saturated carbocycles. The van der Waals surface area contributed by atoms with E-state index in [1.807, 2.05) is 6.07 Å². The first-order valence-corrected chi connectivity index (χ1v) is 5.59. The van der Waals surface area contributed by atoms with Crippen molar-refractivity contribution in [3.8, 4) is 0 Å². The van der Waals surface area contributed by atoms with Gasteiger partial charge in [0.15, 0.2) is 17.4 Å². The van der Waals surface area contributed by atoms with Crippen molar-refractivity contribution in [2.45, 2.75) is 25.9 Å². The van der Waals surface area contributed by atoms with E-state index in [4.69, 9.17) is 9.15 Å². The molecule has 1 aromatic rings. The van der Waals surface area contributed by atoms with Crippen LogP contribution in [0.4, 0.5) is 5.88 Å². The van der Waals surface area contributed by atoms with Crippen LogP contribution in [0, 0.1) is 0 Å². The lowest BCUT2D eigenvalue weighted by molar-refractivity contribution is 0.0810. The second kappa shape index (κ2) is 4.70. The summed E-state index contributed by atoms with van der Waals surface area (Å²) in [4.78, 5) is 13.3. The highest BCUT2D eigenvalue weighted by Gasteiger charge is 2.21. The van der Waals surface area contributed by atoms with Crippen molar-refractivity contribution in [2.24, 2.45) is 0 Å². The number of carbonyl (C=O) groups excluding carboxylic acids is 1. The van der Waals surface area contributed by atoms with E-state index in [1.165, 1.54) is 6.92 Å². The van der Waals surface area contributed by atoms with Gasteiger partial charge in [0, 0.05) is 33.2 Å². The number of furan rings is 1. The van der Waals surface area contributed by atoms with Crippen LogP contribution in [0.25, 0.3) is 0 Å². The number of nitrogens with zero attached hydrogens (tertiary/aromatic N) is 1. The Labute approximate surface area is 95.2 Å². The maximum absolute atomic E-state index is 11.1. The number of piperidine rings is 1. The molecule has 0 radical (unpaired) electrons. The highest BCUT2D eigenvalue weighted by Crippen LogP contribution is 2.23. The standard InChI is InChI=1S/C12H17NO3/c1-9(14)11-3-4-12(16-11)13-7-5-10(15-2)6-8-13/h3-4,10H,5-8H2,1-2H3. The molecule has 0 amide bonds. The number of hydrogen-bond acceptors (Lipinski definition) is 4. The Bertz CT molecular complexity index is 364. The third kappa shape index (κ3) is 2.27. The van der Waals surface area contributed by atoms with Gasteiger partial charge in [-0.2, -0.15) is 0 Å². The number of rotatable bonds is 3. The number of Topliss-reactive ketones (excluding diaryl/α,β-unsaturated/α-hetero) is 1. The molecule has 1 fully saturated rings. The summed E-state index contributed by atoms with van der Waals surface area (Å²) < 4.78 is 10.8. The van der Waals surface area contributed by atoms with Crippen LogP contribution < -0.4 is 4.90 Å². The zero-order valence-electron chi connectivity index (χ0n) is 9.73. The minimum absolute atomic E-state index is 0.0296. The second-order valence-corrected chi connectivity index (χ2v) is 4.12. The topological polar surface area (TPSA) is 42.7 Å². The van der Waals surface area contributed by atoms with E-state index in [0.717, 1.165) is 31.8 Å². The van der Waals surface area contributed by atoms with Crippen molar-refractivity contribution >= 4 is 11.7 Å². The summed E-state index contributed by atoms with van der Waals surface area (Å²) in [5.41, 5.74) is 0. The predicted molar refractivity (Wildman–Crippen MR) is 61.0 cm³/mol. The highest BCUT2D eigenvalue weighted by molar-refractivity contribution is 5.91. The molecule has 0 aromatic carbocycles. The maximum atomic E-state index is 11.1. The number of hydrogen-bond donors (Lipinski definition) is 0. The molecule has 4 nitrogen and oxygen atoms in total. The van der Waals surface area contributed by atoms with Gasteiger partial charge in [-0.05, 0) is 18.9 Å². The van der Waals surface area contributed by atoms with Crippen molar-refractivity contribution in [1.29, 1.82) is 0 Å². The Hall–Kier alpha value is -1.29. The Morgan fingerprint density at radius 1 is 1.44 bits per heavy atom. The number of ketones is 1. The molecule has 0 N–H and O–H groups in total. The van der Waals surface area contributed by atoms with E-state index in [9.17, 15) is 4.79 Å². The SMILES string of the molecule is COC1CCN(c2ccc(C(C)=O)o2)CC1. The zero-order valence-corrected chi connectivity index (χ0v) is 9.73. The van der Waals surface area contributed by atoms with Gasteiger partial charge in [0.05, 0.1) is 6.10 Å². The van der Waals surface area contributed by atoms with Gasteiger partial charge in [0.2, 0.25) is 0 Å². The molecule has 0 unspecified atom stereocenters. The molecule has 0 atom stereocenters. The Morgan fingerprint density at radius 2 is 2.12 bits per heavy atom. The van der Waals surface area contributed by atoms with E-state index in [0.29, 0.717) is 11.9 Å². The molecule has 0 spiro atoms. The summed E-state index contributed by atoms with van der Waals surface area (Å²) in [6.07, 6.45) is 2.37. The third-order valence-electron chi connectivity index (χ3n) is 3.03. The molecule has 2 heterocycles. The van der Waals surface area contributed by atoms with Crippen molar-refractivity contribution < 1.29 is 13.9 Å². The fraction of sp³-hybridized carbons (Fsp3) is 0.583. The van der Waals surface area contributed by atoms with Crippen LogP contribution in [0.2, 0.25) is 0 Å². The van der Waals surface area contributed by atoms with E-state index < -0.39 is 0 Å². The normalized spacial score (nSPS) is 17.8. The lowest BCUT2D eigenvalue weighted by atomic mass is 10.1. The van der Waals surface area contributed by atoms with Crippen molar-refractivity contribution in [2.75, 3.05) is 25.1 Å². The summed E-state index contributed by atoms with van der Waals surface area (Å²) in [6, 6.07) is 3.60. The largest absolute Gasteiger partial charge is 0.437 e. The minimum atomic E-state index is -0.0296.